The van der Waals surface area contributed by atoms with Gasteiger partial charge in [-0.15, -0.1) is 0 Å². The van der Waals surface area contributed by atoms with Gasteiger partial charge in [0.25, 0.3) is 0 Å². The monoisotopic (exact) mass is 252 g/mol. The smallest absolute Gasteiger partial charge is 0.225 e. The number of rotatable bonds is 4. The summed E-state index contributed by atoms with van der Waals surface area (Å²) in [7, 11) is 0. The lowest BCUT2D eigenvalue weighted by Gasteiger charge is -2.27. The zero-order valence-corrected chi connectivity index (χ0v) is 10.6. The van der Waals surface area contributed by atoms with Crippen molar-refractivity contribution in [2.45, 2.75) is 19.4 Å². The van der Waals surface area contributed by atoms with Crippen LogP contribution in [0.25, 0.3) is 0 Å². The molecule has 2 N–H and O–H groups in total. The van der Waals surface area contributed by atoms with Crippen molar-refractivity contribution in [1.29, 1.82) is 0 Å². The van der Waals surface area contributed by atoms with Crippen LogP contribution in [-0.4, -0.2) is 25.0 Å². The van der Waals surface area contributed by atoms with Crippen molar-refractivity contribution in [2.75, 3.05) is 13.1 Å². The van der Waals surface area contributed by atoms with Gasteiger partial charge in [0, 0.05) is 24.2 Å². The second-order valence-corrected chi connectivity index (χ2v) is 5.04. The minimum atomic E-state index is 0.140. The second-order valence-electron chi connectivity index (χ2n) is 4.60. The summed E-state index contributed by atoms with van der Waals surface area (Å²) in [6.45, 7) is 3.62. The van der Waals surface area contributed by atoms with E-state index in [0.29, 0.717) is 0 Å². The van der Waals surface area contributed by atoms with E-state index >= 15 is 0 Å². The largest absolute Gasteiger partial charge is 0.353 e. The maximum Gasteiger partial charge on any atom is 0.225 e. The van der Waals surface area contributed by atoms with Gasteiger partial charge in [-0.25, -0.2) is 0 Å². The molecule has 1 aliphatic heterocycles. The summed E-state index contributed by atoms with van der Waals surface area (Å²) in [5.41, 5.74) is 1.15. The summed E-state index contributed by atoms with van der Waals surface area (Å²) >= 11 is 5.92. The quantitative estimate of drug-likeness (QED) is 0.855. The van der Waals surface area contributed by atoms with Gasteiger partial charge >= 0.3 is 0 Å². The molecule has 1 saturated heterocycles. The van der Waals surface area contributed by atoms with Crippen LogP contribution in [0.3, 0.4) is 0 Å². The van der Waals surface area contributed by atoms with Crippen molar-refractivity contribution >= 4 is 17.5 Å². The SMILES string of the molecule is CC(Cc1cccc(Cl)c1)NC(=O)C1CNC1. The number of halogens is 1. The Hall–Kier alpha value is -1.06. The van der Waals surface area contributed by atoms with Crippen LogP contribution in [0.2, 0.25) is 5.02 Å². The Morgan fingerprint density at radius 2 is 2.35 bits per heavy atom. The number of benzene rings is 1. The third-order valence-electron chi connectivity index (χ3n) is 2.97. The van der Waals surface area contributed by atoms with E-state index in [-0.39, 0.29) is 17.9 Å². The molecule has 1 amide bonds. The van der Waals surface area contributed by atoms with Crippen LogP contribution >= 0.6 is 11.6 Å². The molecule has 1 fully saturated rings. The second kappa shape index (κ2) is 5.52. The first-order chi connectivity index (χ1) is 8.15. The molecule has 0 aliphatic carbocycles. The molecule has 0 bridgehead atoms. The van der Waals surface area contributed by atoms with Crippen molar-refractivity contribution in [2.24, 2.45) is 5.92 Å². The molecule has 3 nitrogen and oxygen atoms in total. The lowest BCUT2D eigenvalue weighted by molar-refractivity contribution is -0.127. The Labute approximate surface area is 107 Å². The molecule has 0 spiro atoms. The zero-order chi connectivity index (χ0) is 12.3. The van der Waals surface area contributed by atoms with Gasteiger partial charge in [0.2, 0.25) is 5.91 Å². The molecule has 0 saturated carbocycles. The highest BCUT2D eigenvalue weighted by atomic mass is 35.5. The fourth-order valence-electron chi connectivity index (χ4n) is 1.90. The summed E-state index contributed by atoms with van der Waals surface area (Å²) in [6, 6.07) is 7.90. The van der Waals surface area contributed by atoms with Gasteiger partial charge < -0.3 is 10.6 Å². The highest BCUT2D eigenvalue weighted by Gasteiger charge is 2.25. The number of carbonyl (C=O) groups is 1. The zero-order valence-electron chi connectivity index (χ0n) is 9.87. The molecule has 0 radical (unpaired) electrons. The summed E-state index contributed by atoms with van der Waals surface area (Å²) in [4.78, 5) is 11.7. The van der Waals surface area contributed by atoms with Gasteiger partial charge in [-0.2, -0.15) is 0 Å². The average Bonchev–Trinajstić information content (AvgIpc) is 2.13. The van der Waals surface area contributed by atoms with Gasteiger partial charge in [-0.1, -0.05) is 23.7 Å². The number of hydrogen-bond donors (Lipinski definition) is 2. The van der Waals surface area contributed by atoms with Crippen LogP contribution in [0.15, 0.2) is 24.3 Å². The minimum absolute atomic E-state index is 0.140. The number of amides is 1. The van der Waals surface area contributed by atoms with Gasteiger partial charge in [0.1, 0.15) is 0 Å². The summed E-state index contributed by atoms with van der Waals surface area (Å²) < 4.78 is 0. The van der Waals surface area contributed by atoms with Gasteiger partial charge in [0.05, 0.1) is 5.92 Å². The van der Waals surface area contributed by atoms with Crippen LogP contribution in [0, 0.1) is 5.92 Å². The van der Waals surface area contributed by atoms with Gasteiger partial charge in [-0.3, -0.25) is 4.79 Å². The maximum atomic E-state index is 11.7. The van der Waals surface area contributed by atoms with E-state index in [1.807, 2.05) is 31.2 Å². The van der Waals surface area contributed by atoms with Crippen LogP contribution in [0.5, 0.6) is 0 Å². The maximum absolute atomic E-state index is 11.7. The fourth-order valence-corrected chi connectivity index (χ4v) is 2.12. The van der Waals surface area contributed by atoms with Crippen molar-refractivity contribution in [3.63, 3.8) is 0 Å². The Bertz CT molecular complexity index is 404. The first kappa shape index (κ1) is 12.4. The van der Waals surface area contributed by atoms with Crippen molar-refractivity contribution in [3.8, 4) is 0 Å². The molecule has 1 aliphatic rings. The van der Waals surface area contributed by atoms with Crippen LogP contribution in [0.1, 0.15) is 12.5 Å². The van der Waals surface area contributed by atoms with E-state index in [1.165, 1.54) is 0 Å². The van der Waals surface area contributed by atoms with Crippen LogP contribution in [0.4, 0.5) is 0 Å². The molecular formula is C13H17ClN2O. The Balaban J connectivity index is 1.84. The molecule has 1 aromatic carbocycles. The van der Waals surface area contributed by atoms with E-state index in [4.69, 9.17) is 11.6 Å². The predicted molar refractivity (Wildman–Crippen MR) is 69.1 cm³/mol. The lowest BCUT2D eigenvalue weighted by atomic mass is 10.0. The number of nitrogens with one attached hydrogen (secondary N) is 2. The topological polar surface area (TPSA) is 41.1 Å². The highest BCUT2D eigenvalue weighted by Crippen LogP contribution is 2.12. The standard InChI is InChI=1S/C13H17ClN2O/c1-9(16-13(17)11-7-15-8-11)5-10-3-2-4-12(14)6-10/h2-4,6,9,11,15H,5,7-8H2,1H3,(H,16,17). The molecule has 1 atom stereocenters. The molecule has 2 rings (SSSR count). The molecule has 0 aromatic heterocycles. The minimum Gasteiger partial charge on any atom is -0.353 e. The number of carbonyl (C=O) groups excluding carboxylic acids is 1. The van der Waals surface area contributed by atoms with E-state index in [2.05, 4.69) is 10.6 Å². The Kier molecular flexibility index (Phi) is 4.02. The first-order valence-corrected chi connectivity index (χ1v) is 6.28. The van der Waals surface area contributed by atoms with Crippen molar-refractivity contribution in [3.05, 3.63) is 34.9 Å². The summed E-state index contributed by atoms with van der Waals surface area (Å²) in [5, 5.41) is 6.86. The Morgan fingerprint density at radius 1 is 1.59 bits per heavy atom. The van der Waals surface area contributed by atoms with E-state index < -0.39 is 0 Å². The third kappa shape index (κ3) is 3.45. The summed E-state index contributed by atoms with van der Waals surface area (Å²) in [6.07, 6.45) is 0.812. The average molecular weight is 253 g/mol. The van der Waals surface area contributed by atoms with Gasteiger partial charge in [0.15, 0.2) is 0 Å². The fraction of sp³-hybridized carbons (Fsp3) is 0.462. The molecule has 1 aromatic rings. The molecule has 92 valence electrons. The molecular weight excluding hydrogens is 236 g/mol. The Morgan fingerprint density at radius 3 is 2.94 bits per heavy atom. The molecule has 4 heteroatoms. The molecule has 17 heavy (non-hydrogen) atoms. The van der Waals surface area contributed by atoms with Crippen LogP contribution in [-0.2, 0) is 11.2 Å². The third-order valence-corrected chi connectivity index (χ3v) is 3.21. The predicted octanol–water partition coefficient (Wildman–Crippen LogP) is 1.61. The lowest BCUT2D eigenvalue weighted by Crippen LogP contribution is -2.52. The van der Waals surface area contributed by atoms with Crippen molar-refractivity contribution < 1.29 is 4.79 Å². The van der Waals surface area contributed by atoms with E-state index in [9.17, 15) is 4.79 Å². The van der Waals surface area contributed by atoms with Crippen molar-refractivity contribution in [1.82, 2.24) is 10.6 Å². The number of hydrogen-bond acceptors (Lipinski definition) is 2. The highest BCUT2D eigenvalue weighted by molar-refractivity contribution is 6.30. The molecule has 1 unspecified atom stereocenters. The normalized spacial score (nSPS) is 17.3. The van der Waals surface area contributed by atoms with E-state index in [1.54, 1.807) is 0 Å². The van der Waals surface area contributed by atoms with Crippen LogP contribution < -0.4 is 10.6 Å². The van der Waals surface area contributed by atoms with Gasteiger partial charge in [-0.05, 0) is 31.0 Å². The first-order valence-electron chi connectivity index (χ1n) is 5.90. The van der Waals surface area contributed by atoms with E-state index in [0.717, 1.165) is 30.1 Å². The molecule has 1 heterocycles. The summed E-state index contributed by atoms with van der Waals surface area (Å²) in [5.74, 6) is 0.301.